The lowest BCUT2D eigenvalue weighted by Crippen LogP contribution is -2.42. The van der Waals surface area contributed by atoms with E-state index in [2.05, 4.69) is 43.4 Å². The molecule has 1 fully saturated rings. The summed E-state index contributed by atoms with van der Waals surface area (Å²) in [7, 11) is -1.75. The summed E-state index contributed by atoms with van der Waals surface area (Å²) < 4.78 is 14.7. The Kier molecular flexibility index (Phi) is 5.26. The maximum Gasteiger partial charge on any atom is 0.192 e. The van der Waals surface area contributed by atoms with E-state index in [0.29, 0.717) is 16.9 Å². The zero-order valence-electron chi connectivity index (χ0n) is 15.5. The van der Waals surface area contributed by atoms with E-state index in [-0.39, 0.29) is 17.4 Å². The van der Waals surface area contributed by atoms with Crippen LogP contribution < -0.4 is 0 Å². The lowest BCUT2D eigenvalue weighted by molar-refractivity contribution is -0.0177. The first-order valence-electron chi connectivity index (χ1n) is 8.70. The number of pyridine rings is 1. The predicted octanol–water partition coefficient (Wildman–Crippen LogP) is 6.04. The van der Waals surface area contributed by atoms with E-state index in [9.17, 15) is 0 Å². The molecule has 7 heteroatoms. The summed E-state index contributed by atoms with van der Waals surface area (Å²) in [5, 5.41) is 1.93. The van der Waals surface area contributed by atoms with Crippen LogP contribution in [0.5, 0.6) is 0 Å². The van der Waals surface area contributed by atoms with Gasteiger partial charge in [0.2, 0.25) is 0 Å². The number of hydrogen-bond donors (Lipinski definition) is 0. The fraction of sp³-hybridized carbons (Fsp3) is 0.611. The number of ether oxygens (including phenoxy) is 1. The summed E-state index contributed by atoms with van der Waals surface area (Å²) in [6, 6.07) is 3.80. The second-order valence-corrected chi connectivity index (χ2v) is 13.8. The second kappa shape index (κ2) is 6.85. The lowest BCUT2D eigenvalue weighted by Gasteiger charge is -2.36. The summed E-state index contributed by atoms with van der Waals surface area (Å²) in [6.45, 7) is 12.0. The Hall–Kier alpha value is -0.593. The fourth-order valence-corrected chi connectivity index (χ4v) is 4.39. The zero-order valence-corrected chi connectivity index (χ0v) is 18.0. The Morgan fingerprint density at radius 1 is 1.32 bits per heavy atom. The molecule has 3 heterocycles. The highest BCUT2D eigenvalue weighted by atomic mass is 35.5. The van der Waals surface area contributed by atoms with Crippen LogP contribution in [-0.2, 0) is 9.16 Å². The quantitative estimate of drug-likeness (QED) is 0.463. The predicted molar refractivity (Wildman–Crippen MR) is 106 cm³/mol. The van der Waals surface area contributed by atoms with E-state index in [1.807, 2.05) is 18.3 Å². The van der Waals surface area contributed by atoms with Gasteiger partial charge in [0.15, 0.2) is 8.32 Å². The van der Waals surface area contributed by atoms with Crippen molar-refractivity contribution in [2.45, 2.75) is 64.1 Å². The molecule has 25 heavy (non-hydrogen) atoms. The van der Waals surface area contributed by atoms with Gasteiger partial charge in [-0.3, -0.25) is 0 Å². The summed E-state index contributed by atoms with van der Waals surface area (Å²) in [6.07, 6.45) is 4.05. The molecule has 1 aliphatic rings. The van der Waals surface area contributed by atoms with E-state index < -0.39 is 8.32 Å². The van der Waals surface area contributed by atoms with Crippen LogP contribution in [0.15, 0.2) is 18.3 Å². The lowest BCUT2D eigenvalue weighted by atomic mass is 10.2. The molecular weight excluding hydrogens is 375 g/mol. The van der Waals surface area contributed by atoms with Gasteiger partial charge in [-0.15, -0.1) is 0 Å². The third-order valence-corrected chi connectivity index (χ3v) is 10.5. The molecule has 2 atom stereocenters. The SMILES string of the molecule is CC(C)(C)[Si](C)(C)OC[C@@H]1CC[C@@H](n2ccc3c(Cl)nc(Cl)cc32)O1. The first-order chi connectivity index (χ1) is 11.6. The minimum Gasteiger partial charge on any atom is -0.414 e. The Morgan fingerprint density at radius 2 is 2.04 bits per heavy atom. The molecule has 138 valence electrons. The minimum atomic E-state index is -1.75. The van der Waals surface area contributed by atoms with Gasteiger partial charge in [0.05, 0.1) is 18.2 Å². The smallest absolute Gasteiger partial charge is 0.192 e. The number of nitrogens with zero attached hydrogens (tertiary/aromatic N) is 2. The topological polar surface area (TPSA) is 36.3 Å². The molecule has 3 rings (SSSR count). The third kappa shape index (κ3) is 3.91. The first-order valence-corrected chi connectivity index (χ1v) is 12.4. The van der Waals surface area contributed by atoms with E-state index in [4.69, 9.17) is 32.4 Å². The molecule has 0 unspecified atom stereocenters. The molecule has 0 aliphatic carbocycles. The van der Waals surface area contributed by atoms with Gasteiger partial charge in [0.25, 0.3) is 0 Å². The largest absolute Gasteiger partial charge is 0.414 e. The van der Waals surface area contributed by atoms with Gasteiger partial charge in [-0.2, -0.15) is 0 Å². The molecule has 0 bridgehead atoms. The average molecular weight is 401 g/mol. The number of fused-ring (bicyclic) bond motifs is 1. The molecule has 0 saturated carbocycles. The molecule has 2 aromatic heterocycles. The number of hydrogen-bond acceptors (Lipinski definition) is 3. The van der Waals surface area contributed by atoms with Crippen LogP contribution in [-0.4, -0.2) is 30.6 Å². The minimum absolute atomic E-state index is 0.0138. The van der Waals surface area contributed by atoms with E-state index in [0.717, 1.165) is 23.7 Å². The standard InChI is InChI=1S/C18H26Cl2N2O2Si/c1-18(2,3)25(4,5)23-11-12-6-7-16(24-12)22-9-8-13-14(22)10-15(19)21-17(13)20/h8-10,12,16H,6-7,11H2,1-5H3/t12-,16-/m0/s1. The van der Waals surface area contributed by atoms with Crippen molar-refractivity contribution >= 4 is 42.4 Å². The Balaban J connectivity index is 1.70. The van der Waals surface area contributed by atoms with Crippen molar-refractivity contribution in [3.63, 3.8) is 0 Å². The highest BCUT2D eigenvalue weighted by Gasteiger charge is 2.38. The summed E-state index contributed by atoms with van der Waals surface area (Å²) >= 11 is 12.3. The van der Waals surface area contributed by atoms with Crippen LogP contribution in [0.4, 0.5) is 0 Å². The van der Waals surface area contributed by atoms with Gasteiger partial charge in [-0.1, -0.05) is 44.0 Å². The monoisotopic (exact) mass is 400 g/mol. The Labute approximate surface area is 160 Å². The van der Waals surface area contributed by atoms with Crippen LogP contribution in [0, 0.1) is 0 Å². The summed E-state index contributed by atoms with van der Waals surface area (Å²) in [5.41, 5.74) is 0.959. The van der Waals surface area contributed by atoms with Gasteiger partial charge in [-0.25, -0.2) is 4.98 Å². The van der Waals surface area contributed by atoms with Gasteiger partial charge >= 0.3 is 0 Å². The zero-order chi connectivity index (χ0) is 18.4. The maximum absolute atomic E-state index is 6.32. The highest BCUT2D eigenvalue weighted by molar-refractivity contribution is 6.74. The van der Waals surface area contributed by atoms with Gasteiger partial charge in [-0.05, 0) is 43.1 Å². The average Bonchev–Trinajstić information content (AvgIpc) is 3.10. The molecule has 0 N–H and O–H groups in total. The molecule has 4 nitrogen and oxygen atoms in total. The van der Waals surface area contributed by atoms with Gasteiger partial charge in [0, 0.05) is 11.6 Å². The van der Waals surface area contributed by atoms with E-state index in [1.165, 1.54) is 0 Å². The van der Waals surface area contributed by atoms with Crippen molar-refractivity contribution < 1.29 is 9.16 Å². The highest BCUT2D eigenvalue weighted by Crippen LogP contribution is 2.38. The van der Waals surface area contributed by atoms with Crippen LogP contribution in [0.2, 0.25) is 28.4 Å². The molecule has 0 amide bonds. The van der Waals surface area contributed by atoms with Crippen LogP contribution in [0.3, 0.4) is 0 Å². The van der Waals surface area contributed by atoms with E-state index in [1.54, 1.807) is 0 Å². The van der Waals surface area contributed by atoms with Gasteiger partial charge < -0.3 is 13.7 Å². The summed E-state index contributed by atoms with van der Waals surface area (Å²) in [4.78, 5) is 4.10. The third-order valence-electron chi connectivity index (χ3n) is 5.47. The Morgan fingerprint density at radius 3 is 2.72 bits per heavy atom. The van der Waals surface area contributed by atoms with Crippen molar-refractivity contribution in [1.82, 2.24) is 9.55 Å². The maximum atomic E-state index is 6.32. The number of aromatic nitrogens is 2. The molecule has 0 spiro atoms. The van der Waals surface area contributed by atoms with Crippen LogP contribution in [0.1, 0.15) is 39.8 Å². The van der Waals surface area contributed by atoms with Crippen molar-refractivity contribution in [1.29, 1.82) is 0 Å². The van der Waals surface area contributed by atoms with Crippen LogP contribution in [0.25, 0.3) is 10.9 Å². The fourth-order valence-electron chi connectivity index (χ4n) is 2.87. The van der Waals surface area contributed by atoms with Crippen molar-refractivity contribution in [2.24, 2.45) is 0 Å². The Bertz CT molecular complexity index is 770. The second-order valence-electron chi connectivity index (χ2n) is 8.25. The molecule has 1 aliphatic heterocycles. The van der Waals surface area contributed by atoms with Crippen molar-refractivity contribution in [2.75, 3.05) is 6.61 Å². The molecular formula is C18H26Cl2N2O2Si. The summed E-state index contributed by atoms with van der Waals surface area (Å²) in [5.74, 6) is 0. The van der Waals surface area contributed by atoms with E-state index >= 15 is 0 Å². The molecule has 2 aromatic rings. The molecule has 0 aromatic carbocycles. The normalized spacial score (nSPS) is 22.0. The molecule has 0 radical (unpaired) electrons. The van der Waals surface area contributed by atoms with Crippen molar-refractivity contribution in [3.05, 3.63) is 28.6 Å². The molecule has 1 saturated heterocycles. The van der Waals surface area contributed by atoms with Crippen molar-refractivity contribution in [3.8, 4) is 0 Å². The number of halogens is 2. The van der Waals surface area contributed by atoms with Crippen LogP contribution >= 0.6 is 23.2 Å². The number of rotatable bonds is 4. The first kappa shape index (κ1) is 19.2. The van der Waals surface area contributed by atoms with Gasteiger partial charge in [0.1, 0.15) is 16.5 Å².